The van der Waals surface area contributed by atoms with Gasteiger partial charge in [0.2, 0.25) is 0 Å². The maximum atomic E-state index is 14.1. The highest BCUT2D eigenvalue weighted by Gasteiger charge is 2.18. The minimum absolute atomic E-state index is 0.0923. The molecule has 3 heteroatoms. The summed E-state index contributed by atoms with van der Waals surface area (Å²) in [5, 5.41) is 3.37. The van der Waals surface area contributed by atoms with Crippen LogP contribution in [0.2, 0.25) is 0 Å². The Morgan fingerprint density at radius 1 is 1.41 bits per heavy atom. The van der Waals surface area contributed by atoms with Gasteiger partial charge in [0.15, 0.2) is 0 Å². The Hall–Kier alpha value is -1.09. The summed E-state index contributed by atoms with van der Waals surface area (Å²) in [7, 11) is 0. The van der Waals surface area contributed by atoms with E-state index in [1.807, 2.05) is 12.1 Å². The van der Waals surface area contributed by atoms with Crippen LogP contribution >= 0.6 is 0 Å². The third-order valence-corrected chi connectivity index (χ3v) is 3.35. The molecule has 1 fully saturated rings. The molecule has 17 heavy (non-hydrogen) atoms. The zero-order valence-corrected chi connectivity index (χ0v) is 10.8. The average Bonchev–Trinajstić information content (AvgIpc) is 2.28. The lowest BCUT2D eigenvalue weighted by molar-refractivity contribution is 0.478. The van der Waals surface area contributed by atoms with Gasteiger partial charge in [-0.2, -0.15) is 0 Å². The van der Waals surface area contributed by atoms with Gasteiger partial charge in [0, 0.05) is 25.7 Å². The van der Waals surface area contributed by atoms with Gasteiger partial charge in [-0.05, 0) is 30.5 Å². The zero-order valence-electron chi connectivity index (χ0n) is 10.8. The Labute approximate surface area is 103 Å². The Kier molecular flexibility index (Phi) is 3.67. The normalized spacial score (nSPS) is 21.0. The fraction of sp³-hybridized carbons (Fsp3) is 0.571. The predicted octanol–water partition coefficient (Wildman–Crippen LogP) is 2.75. The Balaban J connectivity index is 2.21. The van der Waals surface area contributed by atoms with Crippen molar-refractivity contribution in [3.8, 4) is 0 Å². The van der Waals surface area contributed by atoms with Crippen LogP contribution in [0.3, 0.4) is 0 Å². The minimum Gasteiger partial charge on any atom is -0.366 e. The van der Waals surface area contributed by atoms with E-state index in [4.69, 9.17) is 0 Å². The van der Waals surface area contributed by atoms with Gasteiger partial charge in [-0.25, -0.2) is 4.39 Å². The van der Waals surface area contributed by atoms with Crippen LogP contribution in [0.5, 0.6) is 0 Å². The van der Waals surface area contributed by atoms with E-state index in [9.17, 15) is 4.39 Å². The molecule has 2 nitrogen and oxygen atoms in total. The van der Waals surface area contributed by atoms with E-state index < -0.39 is 0 Å². The largest absolute Gasteiger partial charge is 0.366 e. The molecule has 1 heterocycles. The van der Waals surface area contributed by atoms with E-state index in [2.05, 4.69) is 31.0 Å². The third-order valence-electron chi connectivity index (χ3n) is 3.35. The van der Waals surface area contributed by atoms with Gasteiger partial charge >= 0.3 is 0 Å². The van der Waals surface area contributed by atoms with Crippen LogP contribution in [-0.2, 0) is 0 Å². The number of rotatable bonds is 2. The Morgan fingerprint density at radius 2 is 2.18 bits per heavy atom. The van der Waals surface area contributed by atoms with Crippen molar-refractivity contribution in [1.29, 1.82) is 0 Å². The molecule has 1 aliphatic rings. The molecule has 1 aliphatic heterocycles. The van der Waals surface area contributed by atoms with Crippen LogP contribution in [0.4, 0.5) is 10.1 Å². The quantitative estimate of drug-likeness (QED) is 0.849. The van der Waals surface area contributed by atoms with Crippen molar-refractivity contribution in [2.75, 3.05) is 24.5 Å². The van der Waals surface area contributed by atoms with Gasteiger partial charge in [0.25, 0.3) is 0 Å². The second kappa shape index (κ2) is 5.05. The molecule has 0 bridgehead atoms. The molecular weight excluding hydrogens is 215 g/mol. The number of benzene rings is 1. The highest BCUT2D eigenvalue weighted by Crippen LogP contribution is 2.24. The molecule has 0 radical (unpaired) electrons. The van der Waals surface area contributed by atoms with Crippen LogP contribution < -0.4 is 10.2 Å². The van der Waals surface area contributed by atoms with Crippen LogP contribution in [-0.4, -0.2) is 25.7 Å². The predicted molar refractivity (Wildman–Crippen MR) is 70.2 cm³/mol. The first-order valence-corrected chi connectivity index (χ1v) is 6.35. The summed E-state index contributed by atoms with van der Waals surface area (Å²) >= 11 is 0. The number of nitrogens with one attached hydrogen (secondary N) is 1. The number of hydrogen-bond acceptors (Lipinski definition) is 2. The summed E-state index contributed by atoms with van der Waals surface area (Å²) < 4.78 is 14.1. The fourth-order valence-corrected chi connectivity index (χ4v) is 2.29. The number of anilines is 1. The molecule has 0 aromatic heterocycles. The van der Waals surface area contributed by atoms with Crippen molar-refractivity contribution >= 4 is 5.69 Å². The van der Waals surface area contributed by atoms with Crippen molar-refractivity contribution in [3.63, 3.8) is 0 Å². The van der Waals surface area contributed by atoms with Gasteiger partial charge < -0.3 is 10.2 Å². The van der Waals surface area contributed by atoms with Crippen molar-refractivity contribution in [3.05, 3.63) is 29.6 Å². The van der Waals surface area contributed by atoms with Gasteiger partial charge in [0.1, 0.15) is 5.82 Å². The van der Waals surface area contributed by atoms with Crippen LogP contribution in [0, 0.1) is 5.82 Å². The molecule has 94 valence electrons. The summed E-state index contributed by atoms with van der Waals surface area (Å²) in [6, 6.07) is 6.05. The van der Waals surface area contributed by atoms with E-state index in [0.29, 0.717) is 12.0 Å². The Morgan fingerprint density at radius 3 is 2.76 bits per heavy atom. The molecule has 1 aromatic rings. The van der Waals surface area contributed by atoms with E-state index >= 15 is 0 Å². The van der Waals surface area contributed by atoms with Crippen molar-refractivity contribution in [2.24, 2.45) is 0 Å². The van der Waals surface area contributed by atoms with Gasteiger partial charge in [-0.15, -0.1) is 0 Å². The molecule has 1 atom stereocenters. The average molecular weight is 236 g/mol. The summed E-state index contributed by atoms with van der Waals surface area (Å²) in [6.07, 6.45) is 0. The lowest BCUT2D eigenvalue weighted by atomic mass is 10.0. The summed E-state index contributed by atoms with van der Waals surface area (Å²) in [5.41, 5.74) is 1.80. The second-order valence-electron chi connectivity index (χ2n) is 5.17. The highest BCUT2D eigenvalue weighted by molar-refractivity contribution is 5.50. The fourth-order valence-electron chi connectivity index (χ4n) is 2.29. The topological polar surface area (TPSA) is 15.3 Å². The Bertz CT molecular complexity index is 390. The lowest BCUT2D eigenvalue weighted by Gasteiger charge is -2.34. The first-order valence-electron chi connectivity index (χ1n) is 6.35. The standard InChI is InChI=1S/C14H21FN2/c1-10(2)12-4-5-14(13(15)8-12)17-7-6-16-11(3)9-17/h4-5,8,10-11,16H,6-7,9H2,1-3H3/t11-/m1/s1. The molecule has 0 spiro atoms. The minimum atomic E-state index is -0.0923. The maximum absolute atomic E-state index is 14.1. The van der Waals surface area contributed by atoms with Crippen molar-refractivity contribution in [1.82, 2.24) is 5.32 Å². The van der Waals surface area contributed by atoms with Gasteiger partial charge in [-0.1, -0.05) is 19.9 Å². The number of piperazine rings is 1. The van der Waals surface area contributed by atoms with Crippen LogP contribution in [0.25, 0.3) is 0 Å². The van der Waals surface area contributed by atoms with E-state index in [0.717, 1.165) is 30.9 Å². The molecule has 0 unspecified atom stereocenters. The van der Waals surface area contributed by atoms with Gasteiger partial charge in [-0.3, -0.25) is 0 Å². The lowest BCUT2D eigenvalue weighted by Crippen LogP contribution is -2.49. The van der Waals surface area contributed by atoms with Crippen LogP contribution in [0.15, 0.2) is 18.2 Å². The van der Waals surface area contributed by atoms with Crippen molar-refractivity contribution in [2.45, 2.75) is 32.7 Å². The van der Waals surface area contributed by atoms with E-state index in [-0.39, 0.29) is 5.82 Å². The van der Waals surface area contributed by atoms with E-state index in [1.165, 1.54) is 0 Å². The molecule has 0 aliphatic carbocycles. The molecule has 1 saturated heterocycles. The summed E-state index contributed by atoms with van der Waals surface area (Å²) in [6.45, 7) is 8.97. The third kappa shape index (κ3) is 2.78. The van der Waals surface area contributed by atoms with Crippen molar-refractivity contribution < 1.29 is 4.39 Å². The monoisotopic (exact) mass is 236 g/mol. The highest BCUT2D eigenvalue weighted by atomic mass is 19.1. The number of hydrogen-bond donors (Lipinski definition) is 1. The summed E-state index contributed by atoms with van der Waals surface area (Å²) in [5.74, 6) is 0.283. The smallest absolute Gasteiger partial charge is 0.146 e. The van der Waals surface area contributed by atoms with Gasteiger partial charge in [0.05, 0.1) is 5.69 Å². The number of nitrogens with zero attached hydrogens (tertiary/aromatic N) is 1. The second-order valence-corrected chi connectivity index (χ2v) is 5.17. The summed E-state index contributed by atoms with van der Waals surface area (Å²) in [4.78, 5) is 2.13. The molecule has 1 N–H and O–H groups in total. The molecule has 1 aromatic carbocycles. The first kappa shape index (κ1) is 12.4. The number of halogens is 1. The maximum Gasteiger partial charge on any atom is 0.146 e. The van der Waals surface area contributed by atoms with Crippen LogP contribution in [0.1, 0.15) is 32.3 Å². The van der Waals surface area contributed by atoms with E-state index in [1.54, 1.807) is 6.07 Å². The molecule has 0 amide bonds. The molecule has 0 saturated carbocycles. The molecule has 2 rings (SSSR count). The SMILES string of the molecule is CC(C)c1ccc(N2CCN[C@H](C)C2)c(F)c1. The zero-order chi connectivity index (χ0) is 12.4. The first-order chi connectivity index (χ1) is 8.08. The molecular formula is C14H21FN2.